The quantitative estimate of drug-likeness (QED) is 0.883. The monoisotopic (exact) mass is 338 g/mol. The maximum absolute atomic E-state index is 12.1. The molecule has 4 heteroatoms. The van der Waals surface area contributed by atoms with Crippen LogP contribution in [0.25, 0.3) is 0 Å². The Morgan fingerprint density at radius 1 is 1.00 bits per heavy atom. The Hall–Kier alpha value is -2.49. The highest BCUT2D eigenvalue weighted by atomic mass is 16.5. The van der Waals surface area contributed by atoms with Crippen LogP contribution in [-0.2, 0) is 4.79 Å². The van der Waals surface area contributed by atoms with E-state index in [-0.39, 0.29) is 12.5 Å². The number of piperidine rings is 1. The number of anilines is 2. The first-order chi connectivity index (χ1) is 12.1. The predicted molar refractivity (Wildman–Crippen MR) is 103 cm³/mol. The predicted octanol–water partition coefficient (Wildman–Crippen LogP) is 4.31. The maximum atomic E-state index is 12.1. The van der Waals surface area contributed by atoms with Crippen LogP contribution in [0.2, 0.25) is 0 Å². The van der Waals surface area contributed by atoms with E-state index in [1.54, 1.807) is 0 Å². The number of carbonyl (C=O) groups excluding carboxylic acids is 1. The van der Waals surface area contributed by atoms with Gasteiger partial charge < -0.3 is 15.0 Å². The number of carbonyl (C=O) groups is 1. The SMILES string of the molecule is Cc1cccc(C)c1OCC(=O)Nc1ccc(N2CCCCC2)cc1. The molecule has 132 valence electrons. The Morgan fingerprint density at radius 3 is 2.28 bits per heavy atom. The molecule has 25 heavy (non-hydrogen) atoms. The topological polar surface area (TPSA) is 41.6 Å². The molecule has 1 aliphatic heterocycles. The Balaban J connectivity index is 1.54. The van der Waals surface area contributed by atoms with E-state index in [1.165, 1.54) is 24.9 Å². The summed E-state index contributed by atoms with van der Waals surface area (Å²) < 4.78 is 5.70. The van der Waals surface area contributed by atoms with Gasteiger partial charge >= 0.3 is 0 Å². The van der Waals surface area contributed by atoms with E-state index < -0.39 is 0 Å². The third-order valence-corrected chi connectivity index (χ3v) is 4.63. The van der Waals surface area contributed by atoms with Crippen LogP contribution in [0.15, 0.2) is 42.5 Å². The number of hydrogen-bond donors (Lipinski definition) is 1. The minimum Gasteiger partial charge on any atom is -0.483 e. The summed E-state index contributed by atoms with van der Waals surface area (Å²) in [6.07, 6.45) is 3.84. The molecule has 1 N–H and O–H groups in total. The van der Waals surface area contributed by atoms with E-state index >= 15 is 0 Å². The normalized spacial score (nSPS) is 14.2. The van der Waals surface area contributed by atoms with Crippen molar-refractivity contribution in [1.29, 1.82) is 0 Å². The van der Waals surface area contributed by atoms with Crippen LogP contribution < -0.4 is 15.0 Å². The van der Waals surface area contributed by atoms with Crippen molar-refractivity contribution in [3.63, 3.8) is 0 Å². The second-order valence-corrected chi connectivity index (χ2v) is 6.65. The fraction of sp³-hybridized carbons (Fsp3) is 0.381. The maximum Gasteiger partial charge on any atom is 0.262 e. The van der Waals surface area contributed by atoms with Gasteiger partial charge in [-0.05, 0) is 68.5 Å². The van der Waals surface area contributed by atoms with Gasteiger partial charge in [0, 0.05) is 24.5 Å². The summed E-state index contributed by atoms with van der Waals surface area (Å²) in [5, 5.41) is 2.90. The van der Waals surface area contributed by atoms with Gasteiger partial charge in [-0.25, -0.2) is 0 Å². The Bertz CT molecular complexity index is 699. The van der Waals surface area contributed by atoms with Crippen molar-refractivity contribution in [1.82, 2.24) is 0 Å². The number of amides is 1. The van der Waals surface area contributed by atoms with Crippen LogP contribution in [-0.4, -0.2) is 25.6 Å². The Morgan fingerprint density at radius 2 is 1.64 bits per heavy atom. The number of benzene rings is 2. The second-order valence-electron chi connectivity index (χ2n) is 6.65. The summed E-state index contributed by atoms with van der Waals surface area (Å²) in [6.45, 7) is 6.23. The highest BCUT2D eigenvalue weighted by Crippen LogP contribution is 2.23. The van der Waals surface area contributed by atoms with Gasteiger partial charge in [0.05, 0.1) is 0 Å². The second kappa shape index (κ2) is 8.06. The molecule has 1 amide bonds. The van der Waals surface area contributed by atoms with Gasteiger partial charge in [0.1, 0.15) is 5.75 Å². The minimum absolute atomic E-state index is 0.0135. The molecule has 0 saturated carbocycles. The van der Waals surface area contributed by atoms with Crippen LogP contribution in [0.3, 0.4) is 0 Å². The van der Waals surface area contributed by atoms with Crippen molar-refractivity contribution < 1.29 is 9.53 Å². The molecule has 0 bridgehead atoms. The molecule has 0 radical (unpaired) electrons. The molecule has 2 aromatic rings. The molecule has 3 rings (SSSR count). The average Bonchev–Trinajstić information content (AvgIpc) is 2.63. The lowest BCUT2D eigenvalue weighted by atomic mass is 10.1. The van der Waals surface area contributed by atoms with Crippen molar-refractivity contribution in [2.75, 3.05) is 29.9 Å². The van der Waals surface area contributed by atoms with E-state index in [1.807, 2.05) is 44.2 Å². The molecular formula is C21H26N2O2. The molecule has 4 nitrogen and oxygen atoms in total. The fourth-order valence-corrected chi connectivity index (χ4v) is 3.27. The largest absolute Gasteiger partial charge is 0.483 e. The van der Waals surface area contributed by atoms with Gasteiger partial charge in [0.2, 0.25) is 0 Å². The first-order valence-corrected chi connectivity index (χ1v) is 8.97. The van der Waals surface area contributed by atoms with Crippen molar-refractivity contribution in [3.8, 4) is 5.75 Å². The summed E-state index contributed by atoms with van der Waals surface area (Å²) >= 11 is 0. The first-order valence-electron chi connectivity index (χ1n) is 8.97. The lowest BCUT2D eigenvalue weighted by Crippen LogP contribution is -2.29. The van der Waals surface area contributed by atoms with Crippen LogP contribution in [0.4, 0.5) is 11.4 Å². The average molecular weight is 338 g/mol. The number of nitrogens with one attached hydrogen (secondary N) is 1. The highest BCUT2D eigenvalue weighted by molar-refractivity contribution is 5.92. The first kappa shape index (κ1) is 17.3. The van der Waals surface area contributed by atoms with E-state index in [0.29, 0.717) is 0 Å². The Kier molecular flexibility index (Phi) is 5.59. The van der Waals surface area contributed by atoms with Crippen molar-refractivity contribution in [3.05, 3.63) is 53.6 Å². The smallest absolute Gasteiger partial charge is 0.262 e. The lowest BCUT2D eigenvalue weighted by molar-refractivity contribution is -0.118. The number of ether oxygens (including phenoxy) is 1. The van der Waals surface area contributed by atoms with E-state index in [4.69, 9.17) is 4.74 Å². The number of para-hydroxylation sites is 1. The van der Waals surface area contributed by atoms with Crippen LogP contribution in [0.5, 0.6) is 5.75 Å². The third kappa shape index (κ3) is 4.53. The van der Waals surface area contributed by atoms with E-state index in [9.17, 15) is 4.79 Å². The molecule has 2 aromatic carbocycles. The van der Waals surface area contributed by atoms with Crippen LogP contribution in [0, 0.1) is 13.8 Å². The number of aryl methyl sites for hydroxylation is 2. The van der Waals surface area contributed by atoms with Gasteiger partial charge in [0.25, 0.3) is 5.91 Å². The van der Waals surface area contributed by atoms with Gasteiger partial charge in [-0.15, -0.1) is 0 Å². The van der Waals surface area contributed by atoms with Gasteiger partial charge in [-0.1, -0.05) is 18.2 Å². The zero-order valence-electron chi connectivity index (χ0n) is 15.0. The third-order valence-electron chi connectivity index (χ3n) is 4.63. The number of rotatable bonds is 5. The summed E-state index contributed by atoms with van der Waals surface area (Å²) in [6, 6.07) is 14.0. The molecule has 1 fully saturated rings. The standard InChI is InChI=1S/C21H26N2O2/c1-16-7-6-8-17(2)21(16)25-15-20(24)22-18-9-11-19(12-10-18)23-13-4-3-5-14-23/h6-12H,3-5,13-15H2,1-2H3,(H,22,24). The van der Waals surface area contributed by atoms with Crippen molar-refractivity contribution in [2.45, 2.75) is 33.1 Å². The summed E-state index contributed by atoms with van der Waals surface area (Å²) in [5.41, 5.74) is 4.11. The molecule has 0 atom stereocenters. The molecule has 1 aliphatic rings. The van der Waals surface area contributed by atoms with E-state index in [0.717, 1.165) is 35.7 Å². The summed E-state index contributed by atoms with van der Waals surface area (Å²) in [4.78, 5) is 14.6. The molecule has 1 saturated heterocycles. The van der Waals surface area contributed by atoms with Crippen LogP contribution in [0.1, 0.15) is 30.4 Å². The zero-order chi connectivity index (χ0) is 17.6. The molecular weight excluding hydrogens is 312 g/mol. The summed E-state index contributed by atoms with van der Waals surface area (Å²) in [7, 11) is 0. The fourth-order valence-electron chi connectivity index (χ4n) is 3.27. The zero-order valence-corrected chi connectivity index (χ0v) is 15.0. The Labute approximate surface area is 149 Å². The van der Waals surface area contributed by atoms with Gasteiger partial charge in [-0.2, -0.15) is 0 Å². The molecule has 0 aliphatic carbocycles. The number of hydrogen-bond acceptors (Lipinski definition) is 3. The molecule has 0 aromatic heterocycles. The minimum atomic E-state index is -0.145. The molecule has 1 heterocycles. The lowest BCUT2D eigenvalue weighted by Gasteiger charge is -2.28. The van der Waals surface area contributed by atoms with Crippen molar-refractivity contribution in [2.24, 2.45) is 0 Å². The molecule has 0 unspecified atom stereocenters. The van der Waals surface area contributed by atoms with E-state index in [2.05, 4.69) is 22.3 Å². The number of nitrogens with zero attached hydrogens (tertiary/aromatic N) is 1. The summed E-state index contributed by atoms with van der Waals surface area (Å²) in [5.74, 6) is 0.645. The van der Waals surface area contributed by atoms with Gasteiger partial charge in [0.15, 0.2) is 6.61 Å². The van der Waals surface area contributed by atoms with Crippen molar-refractivity contribution >= 4 is 17.3 Å². The highest BCUT2D eigenvalue weighted by Gasteiger charge is 2.11. The molecule has 0 spiro atoms. The van der Waals surface area contributed by atoms with Gasteiger partial charge in [-0.3, -0.25) is 4.79 Å². The van der Waals surface area contributed by atoms with Crippen LogP contribution >= 0.6 is 0 Å².